The summed E-state index contributed by atoms with van der Waals surface area (Å²) in [6.07, 6.45) is 2.77. The lowest BCUT2D eigenvalue weighted by Gasteiger charge is -2.37. The Hall–Kier alpha value is -2.47. The van der Waals surface area contributed by atoms with Crippen molar-refractivity contribution in [1.82, 2.24) is 4.48 Å². The van der Waals surface area contributed by atoms with Gasteiger partial charge in [0.1, 0.15) is 17.1 Å². The molecule has 3 aromatic rings. The number of quaternary nitrogens is 1. The van der Waals surface area contributed by atoms with Crippen molar-refractivity contribution in [3.63, 3.8) is 0 Å². The van der Waals surface area contributed by atoms with Gasteiger partial charge in [-0.1, -0.05) is 74.9 Å². The standard InChI is InChI=1S/C22H24N.C3H8O3S/c1-2-3-19-23(20-13-7-4-8-14-20,21-15-9-5-10-16-21)22-17-11-6-12-18-22;1-2-3-7(4,5)6/h4-18H,2-3,19H2,1H3;2-3H2,1H3,(H,4,5,6)/q+1;/p-1. The maximum atomic E-state index is 9.68. The average Bonchev–Trinajstić information content (AvgIpc) is 2.76. The molecular weight excluding hydrogens is 394 g/mol. The molecule has 0 atom stereocenters. The molecule has 0 radical (unpaired) electrons. The van der Waals surface area contributed by atoms with E-state index in [1.807, 2.05) is 0 Å². The van der Waals surface area contributed by atoms with Crippen molar-refractivity contribution in [1.29, 1.82) is 0 Å². The van der Waals surface area contributed by atoms with E-state index in [2.05, 4.69) is 97.9 Å². The molecule has 4 nitrogen and oxygen atoms in total. The van der Waals surface area contributed by atoms with Gasteiger partial charge in [-0.3, -0.25) is 0 Å². The highest BCUT2D eigenvalue weighted by Crippen LogP contribution is 2.43. The summed E-state index contributed by atoms with van der Waals surface area (Å²) >= 11 is 0. The van der Waals surface area contributed by atoms with E-state index >= 15 is 0 Å². The van der Waals surface area contributed by atoms with Gasteiger partial charge < -0.3 is 4.55 Å². The van der Waals surface area contributed by atoms with Crippen LogP contribution in [0, 0.1) is 0 Å². The Morgan fingerprint density at radius 2 is 1.03 bits per heavy atom. The molecular formula is C25H31NO3S. The summed E-state index contributed by atoms with van der Waals surface area (Å²) in [5.41, 5.74) is 3.95. The third kappa shape index (κ3) is 6.52. The fourth-order valence-electron chi connectivity index (χ4n) is 3.53. The third-order valence-corrected chi connectivity index (χ3v) is 5.80. The lowest BCUT2D eigenvalue weighted by atomic mass is 10.1. The fraction of sp³-hybridized carbons (Fsp3) is 0.280. The first-order chi connectivity index (χ1) is 14.4. The van der Waals surface area contributed by atoms with Crippen LogP contribution in [0.5, 0.6) is 0 Å². The summed E-state index contributed by atoms with van der Waals surface area (Å²) < 4.78 is 29.8. The molecule has 0 amide bonds. The zero-order valence-electron chi connectivity index (χ0n) is 17.8. The Bertz CT molecular complexity index is 862. The van der Waals surface area contributed by atoms with Crippen molar-refractivity contribution in [2.75, 3.05) is 12.3 Å². The van der Waals surface area contributed by atoms with Gasteiger partial charge in [-0.2, -0.15) is 0 Å². The number of rotatable bonds is 8. The van der Waals surface area contributed by atoms with E-state index in [-0.39, 0.29) is 5.75 Å². The zero-order valence-corrected chi connectivity index (χ0v) is 18.6. The van der Waals surface area contributed by atoms with Gasteiger partial charge in [-0.05, 0) is 49.2 Å². The molecule has 0 aliphatic rings. The summed E-state index contributed by atoms with van der Waals surface area (Å²) in [5, 5.41) is 0. The molecule has 0 N–H and O–H groups in total. The first-order valence-electron chi connectivity index (χ1n) is 10.4. The molecule has 0 spiro atoms. The number of nitrogens with zero attached hydrogens (tertiary/aromatic N) is 1. The van der Waals surface area contributed by atoms with E-state index in [9.17, 15) is 13.0 Å². The Morgan fingerprint density at radius 3 is 1.27 bits per heavy atom. The monoisotopic (exact) mass is 425 g/mol. The zero-order chi connectivity index (χ0) is 21.9. The smallest absolute Gasteiger partial charge is 0.143 e. The molecule has 0 saturated heterocycles. The van der Waals surface area contributed by atoms with Crippen LogP contribution in [0.25, 0.3) is 0 Å². The van der Waals surface area contributed by atoms with Crippen LogP contribution in [0.4, 0.5) is 17.1 Å². The number of hydrogen-bond acceptors (Lipinski definition) is 3. The second kappa shape index (κ2) is 11.6. The van der Waals surface area contributed by atoms with Gasteiger partial charge in [0.2, 0.25) is 0 Å². The Kier molecular flexibility index (Phi) is 9.24. The summed E-state index contributed by atoms with van der Waals surface area (Å²) in [6.45, 7) is 4.97. The number of unbranched alkanes of at least 4 members (excludes halogenated alkanes) is 1. The maximum Gasteiger partial charge on any atom is 0.143 e. The van der Waals surface area contributed by atoms with Crippen molar-refractivity contribution < 1.29 is 13.0 Å². The molecule has 0 fully saturated rings. The average molecular weight is 426 g/mol. The van der Waals surface area contributed by atoms with Crippen LogP contribution in [-0.4, -0.2) is 25.3 Å². The molecule has 3 rings (SSSR count). The van der Waals surface area contributed by atoms with E-state index in [4.69, 9.17) is 0 Å². The summed E-state index contributed by atoms with van der Waals surface area (Å²) in [7, 11) is -3.92. The molecule has 30 heavy (non-hydrogen) atoms. The lowest BCUT2D eigenvalue weighted by molar-refractivity contribution is 0.462. The molecule has 0 heterocycles. The van der Waals surface area contributed by atoms with Crippen LogP contribution in [-0.2, 0) is 10.1 Å². The molecule has 5 heteroatoms. The van der Waals surface area contributed by atoms with Gasteiger partial charge in [0.25, 0.3) is 0 Å². The molecule has 0 unspecified atom stereocenters. The van der Waals surface area contributed by atoms with Gasteiger partial charge in [-0.25, -0.2) is 12.9 Å². The van der Waals surface area contributed by atoms with Gasteiger partial charge in [-0.15, -0.1) is 0 Å². The van der Waals surface area contributed by atoms with Crippen LogP contribution >= 0.6 is 0 Å². The van der Waals surface area contributed by atoms with Crippen molar-refractivity contribution in [3.8, 4) is 0 Å². The Labute approximate surface area is 181 Å². The predicted molar refractivity (Wildman–Crippen MR) is 125 cm³/mol. The fourth-order valence-corrected chi connectivity index (χ4v) is 4.03. The van der Waals surface area contributed by atoms with Crippen molar-refractivity contribution in [2.24, 2.45) is 0 Å². The minimum atomic E-state index is -3.92. The number of para-hydroxylation sites is 3. The molecule has 0 aromatic heterocycles. The highest BCUT2D eigenvalue weighted by atomic mass is 32.2. The second-order valence-corrected chi connectivity index (χ2v) is 8.68. The van der Waals surface area contributed by atoms with Crippen LogP contribution in [0.1, 0.15) is 33.1 Å². The van der Waals surface area contributed by atoms with Crippen LogP contribution in [0.15, 0.2) is 91.0 Å². The summed E-state index contributed by atoms with van der Waals surface area (Å²) in [4.78, 5) is 0. The molecule has 0 bridgehead atoms. The van der Waals surface area contributed by atoms with E-state index in [1.54, 1.807) is 6.92 Å². The molecule has 0 saturated carbocycles. The third-order valence-electron chi connectivity index (χ3n) is 4.89. The summed E-state index contributed by atoms with van der Waals surface area (Å²) in [6, 6.07) is 32.6. The SMILES string of the molecule is CCCC[N+](c1ccccc1)(c1ccccc1)c1ccccc1.CCCS(=O)(=O)[O-]. The topological polar surface area (TPSA) is 57.2 Å². The van der Waals surface area contributed by atoms with Gasteiger partial charge in [0.05, 0.1) is 16.7 Å². The largest absolute Gasteiger partial charge is 0.748 e. The van der Waals surface area contributed by atoms with E-state index < -0.39 is 10.1 Å². The van der Waals surface area contributed by atoms with E-state index in [0.29, 0.717) is 6.42 Å². The summed E-state index contributed by atoms with van der Waals surface area (Å²) in [5.74, 6) is -0.243. The first kappa shape index (κ1) is 23.8. The highest BCUT2D eigenvalue weighted by molar-refractivity contribution is 7.85. The first-order valence-corrected chi connectivity index (χ1v) is 12.0. The van der Waals surface area contributed by atoms with Crippen LogP contribution in [0.3, 0.4) is 0 Å². The Balaban J connectivity index is 0.000000396. The number of hydrogen-bond donors (Lipinski definition) is 0. The van der Waals surface area contributed by atoms with Crippen LogP contribution < -0.4 is 4.48 Å². The molecule has 0 aliphatic heterocycles. The van der Waals surface area contributed by atoms with Gasteiger partial charge in [0, 0.05) is 5.75 Å². The van der Waals surface area contributed by atoms with Crippen molar-refractivity contribution in [2.45, 2.75) is 33.1 Å². The van der Waals surface area contributed by atoms with Gasteiger partial charge >= 0.3 is 0 Å². The quantitative estimate of drug-likeness (QED) is 0.310. The Morgan fingerprint density at radius 1 is 0.667 bits per heavy atom. The van der Waals surface area contributed by atoms with E-state index in [1.165, 1.54) is 29.9 Å². The number of benzene rings is 3. The maximum absolute atomic E-state index is 9.68. The van der Waals surface area contributed by atoms with Crippen molar-refractivity contribution >= 4 is 27.2 Å². The lowest BCUT2D eigenvalue weighted by Crippen LogP contribution is -2.39. The van der Waals surface area contributed by atoms with Gasteiger partial charge in [0.15, 0.2) is 0 Å². The molecule has 0 aliphatic carbocycles. The molecule has 3 aromatic carbocycles. The van der Waals surface area contributed by atoms with Crippen LogP contribution in [0.2, 0.25) is 0 Å². The van der Waals surface area contributed by atoms with Crippen molar-refractivity contribution in [3.05, 3.63) is 91.0 Å². The molecule has 160 valence electrons. The normalized spacial score (nSPS) is 11.4. The highest BCUT2D eigenvalue weighted by Gasteiger charge is 2.35. The minimum Gasteiger partial charge on any atom is -0.748 e. The second-order valence-electron chi connectivity index (χ2n) is 7.16. The van der Waals surface area contributed by atoms with E-state index in [0.717, 1.165) is 11.0 Å². The minimum absolute atomic E-state index is 0.243. The predicted octanol–water partition coefficient (Wildman–Crippen LogP) is 6.40.